The van der Waals surface area contributed by atoms with Gasteiger partial charge in [0.15, 0.2) is 0 Å². The summed E-state index contributed by atoms with van der Waals surface area (Å²) in [7, 11) is 0. The van der Waals surface area contributed by atoms with Gasteiger partial charge in [0.2, 0.25) is 5.91 Å². The zero-order chi connectivity index (χ0) is 10.9. The van der Waals surface area contributed by atoms with Gasteiger partial charge in [-0.1, -0.05) is 38.5 Å². The summed E-state index contributed by atoms with van der Waals surface area (Å²) in [6, 6.07) is 5.84. The summed E-state index contributed by atoms with van der Waals surface area (Å²) in [4.78, 5) is 11.2. The second-order valence-electron chi connectivity index (χ2n) is 4.66. The van der Waals surface area contributed by atoms with E-state index in [0.29, 0.717) is 5.56 Å². The van der Waals surface area contributed by atoms with Crippen molar-refractivity contribution in [3.05, 3.63) is 34.9 Å². The normalized spacial score (nSPS) is 11.4. The molecule has 2 heteroatoms. The highest BCUT2D eigenvalue weighted by atomic mass is 16.1. The van der Waals surface area contributed by atoms with Gasteiger partial charge in [0, 0.05) is 5.56 Å². The van der Waals surface area contributed by atoms with Gasteiger partial charge in [-0.3, -0.25) is 4.79 Å². The molecule has 0 saturated carbocycles. The molecule has 0 aliphatic rings. The number of hydrogen-bond acceptors (Lipinski definition) is 1. The van der Waals surface area contributed by atoms with Crippen molar-refractivity contribution in [2.45, 2.75) is 33.1 Å². The summed E-state index contributed by atoms with van der Waals surface area (Å²) in [6.45, 7) is 8.18. The number of carbonyl (C=O) groups excluding carboxylic acids is 1. The lowest BCUT2D eigenvalue weighted by molar-refractivity contribution is 0.0998. The summed E-state index contributed by atoms with van der Waals surface area (Å²) in [6.07, 6.45) is 0. The molecule has 0 fully saturated rings. The second-order valence-corrected chi connectivity index (χ2v) is 4.66. The van der Waals surface area contributed by atoms with Crippen LogP contribution in [-0.2, 0) is 5.41 Å². The Kier molecular flexibility index (Phi) is 2.65. The lowest BCUT2D eigenvalue weighted by atomic mass is 9.83. The summed E-state index contributed by atoms with van der Waals surface area (Å²) >= 11 is 0. The van der Waals surface area contributed by atoms with E-state index in [0.717, 1.165) is 11.1 Å². The summed E-state index contributed by atoms with van der Waals surface area (Å²) in [5, 5.41) is 0. The Hall–Kier alpha value is -1.31. The number of primary amides is 1. The molecule has 0 unspecified atom stereocenters. The van der Waals surface area contributed by atoms with Crippen LogP contribution in [-0.4, -0.2) is 5.91 Å². The van der Waals surface area contributed by atoms with Gasteiger partial charge in [-0.05, 0) is 24.0 Å². The Bertz CT molecular complexity index is 361. The van der Waals surface area contributed by atoms with Crippen molar-refractivity contribution >= 4 is 5.91 Å². The fraction of sp³-hybridized carbons (Fsp3) is 0.417. The monoisotopic (exact) mass is 191 g/mol. The van der Waals surface area contributed by atoms with Crippen LogP contribution in [0.1, 0.15) is 42.3 Å². The minimum Gasteiger partial charge on any atom is -0.366 e. The first kappa shape index (κ1) is 10.8. The molecular weight excluding hydrogens is 174 g/mol. The maximum absolute atomic E-state index is 11.2. The molecule has 76 valence electrons. The van der Waals surface area contributed by atoms with Crippen molar-refractivity contribution in [3.63, 3.8) is 0 Å². The van der Waals surface area contributed by atoms with Gasteiger partial charge in [0.25, 0.3) is 0 Å². The second kappa shape index (κ2) is 3.45. The number of hydrogen-bond donors (Lipinski definition) is 1. The van der Waals surface area contributed by atoms with Crippen molar-refractivity contribution in [2.24, 2.45) is 5.73 Å². The van der Waals surface area contributed by atoms with Crippen LogP contribution in [0.25, 0.3) is 0 Å². The molecule has 1 aromatic rings. The molecule has 0 atom stereocenters. The van der Waals surface area contributed by atoms with Crippen LogP contribution in [0.2, 0.25) is 0 Å². The predicted octanol–water partition coefficient (Wildman–Crippen LogP) is 2.39. The number of amides is 1. The zero-order valence-electron chi connectivity index (χ0n) is 9.22. The topological polar surface area (TPSA) is 43.1 Å². The Morgan fingerprint density at radius 3 is 2.29 bits per heavy atom. The number of carbonyl (C=O) groups is 1. The van der Waals surface area contributed by atoms with Gasteiger partial charge < -0.3 is 5.73 Å². The first-order valence-corrected chi connectivity index (χ1v) is 4.73. The summed E-state index contributed by atoms with van der Waals surface area (Å²) < 4.78 is 0. The lowest BCUT2D eigenvalue weighted by Crippen LogP contribution is -2.21. The van der Waals surface area contributed by atoms with Crippen molar-refractivity contribution in [2.75, 3.05) is 0 Å². The maximum atomic E-state index is 11.2. The van der Waals surface area contributed by atoms with Gasteiger partial charge in [0.05, 0.1) is 0 Å². The van der Waals surface area contributed by atoms with E-state index in [1.165, 1.54) is 0 Å². The van der Waals surface area contributed by atoms with E-state index in [2.05, 4.69) is 20.8 Å². The minimum atomic E-state index is -0.348. The summed E-state index contributed by atoms with van der Waals surface area (Å²) in [5.74, 6) is -0.348. The van der Waals surface area contributed by atoms with Gasteiger partial charge >= 0.3 is 0 Å². The standard InChI is InChI=1S/C12H17NO/c1-8-5-6-10(12(2,3)4)9(7-8)11(13)14/h5-7H,1-4H3,(H2,13,14). The van der Waals surface area contributed by atoms with E-state index in [4.69, 9.17) is 5.73 Å². The first-order chi connectivity index (χ1) is 6.32. The third-order valence-electron chi connectivity index (χ3n) is 2.25. The Morgan fingerprint density at radius 2 is 1.86 bits per heavy atom. The number of rotatable bonds is 1. The van der Waals surface area contributed by atoms with Crippen molar-refractivity contribution in [3.8, 4) is 0 Å². The molecule has 0 bridgehead atoms. The maximum Gasteiger partial charge on any atom is 0.249 e. The van der Waals surface area contributed by atoms with Gasteiger partial charge in [-0.2, -0.15) is 0 Å². The SMILES string of the molecule is Cc1ccc(C(C)(C)C)c(C(N)=O)c1. The van der Waals surface area contributed by atoms with Crippen LogP contribution >= 0.6 is 0 Å². The number of benzene rings is 1. The highest BCUT2D eigenvalue weighted by molar-refractivity contribution is 5.94. The van der Waals surface area contributed by atoms with Crippen LogP contribution in [0.15, 0.2) is 18.2 Å². The van der Waals surface area contributed by atoms with E-state index in [1.807, 2.05) is 25.1 Å². The Morgan fingerprint density at radius 1 is 1.29 bits per heavy atom. The lowest BCUT2D eigenvalue weighted by Gasteiger charge is -2.21. The number of nitrogens with two attached hydrogens (primary N) is 1. The molecule has 1 amide bonds. The number of aryl methyl sites for hydroxylation is 1. The third kappa shape index (κ3) is 2.13. The molecule has 2 nitrogen and oxygen atoms in total. The molecule has 1 rings (SSSR count). The molecule has 14 heavy (non-hydrogen) atoms. The minimum absolute atomic E-state index is 0.0436. The van der Waals surface area contributed by atoms with E-state index in [-0.39, 0.29) is 11.3 Å². The molecule has 0 aliphatic carbocycles. The molecule has 0 spiro atoms. The average molecular weight is 191 g/mol. The zero-order valence-corrected chi connectivity index (χ0v) is 9.22. The fourth-order valence-electron chi connectivity index (χ4n) is 1.52. The van der Waals surface area contributed by atoms with Crippen LogP contribution in [0.5, 0.6) is 0 Å². The van der Waals surface area contributed by atoms with E-state index < -0.39 is 0 Å². The van der Waals surface area contributed by atoms with Crippen LogP contribution in [0.4, 0.5) is 0 Å². The fourth-order valence-corrected chi connectivity index (χ4v) is 1.52. The third-order valence-corrected chi connectivity index (χ3v) is 2.25. The molecule has 0 saturated heterocycles. The van der Waals surface area contributed by atoms with Crippen LogP contribution in [0, 0.1) is 6.92 Å². The highest BCUT2D eigenvalue weighted by Crippen LogP contribution is 2.26. The Labute approximate surface area is 85.1 Å². The largest absolute Gasteiger partial charge is 0.366 e. The molecule has 0 aromatic heterocycles. The van der Waals surface area contributed by atoms with Crippen LogP contribution < -0.4 is 5.73 Å². The summed E-state index contributed by atoms with van der Waals surface area (Å²) in [5.41, 5.74) is 8.01. The van der Waals surface area contributed by atoms with E-state index >= 15 is 0 Å². The van der Waals surface area contributed by atoms with Crippen LogP contribution in [0.3, 0.4) is 0 Å². The van der Waals surface area contributed by atoms with E-state index in [9.17, 15) is 4.79 Å². The van der Waals surface area contributed by atoms with Gasteiger partial charge in [-0.25, -0.2) is 0 Å². The molecule has 0 radical (unpaired) electrons. The molecular formula is C12H17NO. The van der Waals surface area contributed by atoms with E-state index in [1.54, 1.807) is 0 Å². The molecule has 0 heterocycles. The average Bonchev–Trinajstić information content (AvgIpc) is 2.01. The molecule has 1 aromatic carbocycles. The van der Waals surface area contributed by atoms with Gasteiger partial charge in [0.1, 0.15) is 0 Å². The Balaban J connectivity index is 3.37. The quantitative estimate of drug-likeness (QED) is 0.727. The smallest absolute Gasteiger partial charge is 0.249 e. The van der Waals surface area contributed by atoms with Crippen molar-refractivity contribution < 1.29 is 4.79 Å². The predicted molar refractivity (Wildman–Crippen MR) is 58.4 cm³/mol. The molecule has 0 aliphatic heterocycles. The van der Waals surface area contributed by atoms with Crippen molar-refractivity contribution in [1.29, 1.82) is 0 Å². The van der Waals surface area contributed by atoms with Gasteiger partial charge in [-0.15, -0.1) is 0 Å². The highest BCUT2D eigenvalue weighted by Gasteiger charge is 2.19. The van der Waals surface area contributed by atoms with Crippen molar-refractivity contribution in [1.82, 2.24) is 0 Å². The molecule has 2 N–H and O–H groups in total. The first-order valence-electron chi connectivity index (χ1n) is 4.73.